The number of nitrogens with one attached hydrogen (secondary N) is 5. The number of hydrogen-bond acceptors (Lipinski definition) is 17. The average Bonchev–Trinajstić information content (AvgIpc) is 3.27. The lowest BCUT2D eigenvalue weighted by Gasteiger charge is -2.26. The molecule has 7 atom stereocenters. The van der Waals surface area contributed by atoms with Gasteiger partial charge in [0.15, 0.2) is 29.1 Å². The van der Waals surface area contributed by atoms with Crippen LogP contribution in [0.5, 0.6) is 5.75 Å². The number of Topliss-reactive ketones (excluding diaryl/α,β-unsaturated/α-hetero) is 4. The summed E-state index contributed by atoms with van der Waals surface area (Å²) in [6.45, 7) is -0.674. The van der Waals surface area contributed by atoms with E-state index >= 15 is 0 Å². The highest BCUT2D eigenvalue weighted by Crippen LogP contribution is 2.28. The Morgan fingerprint density at radius 1 is 0.714 bits per heavy atom. The van der Waals surface area contributed by atoms with Crippen LogP contribution in [0, 0.1) is 21.3 Å². The molecule has 5 amide bonds. The number of phenolic OH excluding ortho intramolecular Hbond substituents is 1. The number of carboxylic acid groups (broad SMARTS) is 3. The van der Waals surface area contributed by atoms with Gasteiger partial charge >= 0.3 is 17.9 Å². The summed E-state index contributed by atoms with van der Waals surface area (Å²) in [5, 5.41) is 51.2. The molecule has 0 aromatic heterocycles. The number of hydrogen-bond donors (Lipinski definition) is 11. The number of thioether (sulfide) groups is 1. The van der Waals surface area contributed by atoms with Crippen molar-refractivity contribution >= 4 is 132 Å². The van der Waals surface area contributed by atoms with Crippen LogP contribution in [0.1, 0.15) is 63.4 Å². The molecule has 2 heterocycles. The van der Waals surface area contributed by atoms with E-state index in [1.54, 1.807) is 0 Å². The van der Waals surface area contributed by atoms with Crippen molar-refractivity contribution in [1.82, 2.24) is 26.6 Å². The van der Waals surface area contributed by atoms with Gasteiger partial charge < -0.3 is 58.5 Å². The maximum absolute atomic E-state index is 14.5. The first kappa shape index (κ1) is 58.8. The number of halogens is 1. The number of aliphatic carboxylic acids is 3. The number of carboxylic acids is 3. The third-order valence-electron chi connectivity index (χ3n) is 10.7. The maximum atomic E-state index is 14.5. The topological polar surface area (TPSA) is 410 Å². The van der Waals surface area contributed by atoms with Gasteiger partial charge in [0.05, 0.1) is 59.2 Å². The fraction of sp³-hybridized carbons (Fsp3) is 0.548. The van der Waals surface area contributed by atoms with E-state index in [1.165, 1.54) is 18.2 Å². The largest absolute Gasteiger partial charge is 0.507 e. The van der Waals surface area contributed by atoms with Crippen LogP contribution in [-0.4, -0.2) is 157 Å². The molecule has 2 saturated heterocycles. The number of guanidine groups is 1. The Morgan fingerprint density at radius 3 is 1.93 bits per heavy atom. The highest BCUT2D eigenvalue weighted by molar-refractivity contribution is 14.1. The minimum Gasteiger partial charge on any atom is -0.507 e. The standard InChI is InChI=1S/C42H55IN8O16S3/c43-25-9-20(3-4-30(25)53)8-22-12-33(56)28-17-69-70-18-29(51-41(67)26(14-37(62)63)48-34(57)19-68-16-27(49-39(22)65)31(54)5-6-35(58)59)32(55)11-21(2-1-7-46-42(44)45)38(64)47-15-24(52)10-23(13-36(60)61)40(66)50-28/h3-4,9,21-23,26-29,53H,1-2,5-8,10-19H2,(H,47,64)(H,48,57)(H,49,65)(H,50,66)(H,51,67)(H,58,59)(H,60,61)(H,62,63)(H4,44,45,46)/t21-,22-,23+,26+,27+,28+,29+/m1/s1. The van der Waals surface area contributed by atoms with Gasteiger partial charge in [-0.15, -0.1) is 11.8 Å². The summed E-state index contributed by atoms with van der Waals surface area (Å²) >= 11 is 2.61. The summed E-state index contributed by atoms with van der Waals surface area (Å²) in [7, 11) is 1.80. The molecule has 3 rings (SSSR count). The van der Waals surface area contributed by atoms with E-state index in [4.69, 9.17) is 11.5 Å². The first-order valence-electron chi connectivity index (χ1n) is 21.6. The molecule has 0 unspecified atom stereocenters. The van der Waals surface area contributed by atoms with Crippen molar-refractivity contribution in [2.24, 2.45) is 34.2 Å². The van der Waals surface area contributed by atoms with Gasteiger partial charge in [0.1, 0.15) is 11.8 Å². The highest BCUT2D eigenvalue weighted by Gasteiger charge is 2.36. The second kappa shape index (κ2) is 29.6. The number of rotatable bonds is 14. The molecule has 13 N–H and O–H groups in total. The zero-order valence-corrected chi connectivity index (χ0v) is 42.1. The number of carbonyl (C=O) groups excluding carboxylic acids is 9. The second-order valence-electron chi connectivity index (χ2n) is 16.3. The Morgan fingerprint density at radius 2 is 1.33 bits per heavy atom. The lowest BCUT2D eigenvalue weighted by Crippen LogP contribution is -2.53. The number of amides is 5. The van der Waals surface area contributed by atoms with Gasteiger partial charge in [0.2, 0.25) is 29.5 Å². The van der Waals surface area contributed by atoms with Crippen molar-refractivity contribution in [2.45, 2.75) is 88.4 Å². The highest BCUT2D eigenvalue weighted by atomic mass is 127. The maximum Gasteiger partial charge on any atom is 0.305 e. The Kier molecular flexibility index (Phi) is 24.9. The van der Waals surface area contributed by atoms with E-state index in [2.05, 4.69) is 31.6 Å². The Bertz CT molecular complexity index is 2200. The average molecular weight is 1150 g/mol. The van der Waals surface area contributed by atoms with Gasteiger partial charge in [-0.25, -0.2) is 0 Å². The molecule has 1 aromatic rings. The van der Waals surface area contributed by atoms with E-state index in [1.807, 2.05) is 22.6 Å². The van der Waals surface area contributed by atoms with Crippen molar-refractivity contribution in [3.63, 3.8) is 0 Å². The number of carbonyl (C=O) groups is 12. The third kappa shape index (κ3) is 21.2. The molecular weight excluding hydrogens is 1100 g/mol. The SMILES string of the molecule is NC(N)=NCCC[C@@H]1CC(=O)[C@@H]2CSSC[C@H](NC(=O)[C@H](CC(=O)O)CC(=O)CNC1=O)C(=O)C[C@@H](Cc1ccc(O)c(I)c1)C(=O)N[C@H](C(=O)CCC(=O)O)CSCC(=O)N[C@@H](CC(=O)O)C(=O)N2. The molecule has 28 heteroatoms. The van der Waals surface area contributed by atoms with Crippen LogP contribution in [0.15, 0.2) is 23.2 Å². The van der Waals surface area contributed by atoms with Crippen LogP contribution in [0.25, 0.3) is 0 Å². The fourth-order valence-electron chi connectivity index (χ4n) is 7.03. The monoisotopic (exact) mass is 1150 g/mol. The van der Waals surface area contributed by atoms with E-state index in [9.17, 15) is 78.0 Å². The molecule has 24 nitrogen and oxygen atoms in total. The van der Waals surface area contributed by atoms with E-state index in [0.29, 0.717) is 9.13 Å². The van der Waals surface area contributed by atoms with Crippen LogP contribution >= 0.6 is 55.9 Å². The molecule has 0 aliphatic carbocycles. The van der Waals surface area contributed by atoms with E-state index < -0.39 is 170 Å². The van der Waals surface area contributed by atoms with Gasteiger partial charge in [-0.1, -0.05) is 27.7 Å². The lowest BCUT2D eigenvalue weighted by molar-refractivity contribution is -0.142. The Hall–Kier alpha value is -5.49. The Balaban J connectivity index is 2.20. The number of benzene rings is 1. The van der Waals surface area contributed by atoms with Crippen molar-refractivity contribution in [3.05, 3.63) is 27.3 Å². The molecule has 2 aliphatic rings. The number of fused-ring (bicyclic) bond motifs is 5. The fourth-order valence-corrected chi connectivity index (χ4v) is 10.9. The minimum absolute atomic E-state index is 0.0225. The smallest absolute Gasteiger partial charge is 0.305 e. The van der Waals surface area contributed by atoms with Crippen molar-refractivity contribution < 1.29 is 78.0 Å². The van der Waals surface area contributed by atoms with Crippen molar-refractivity contribution in [3.8, 4) is 5.75 Å². The molecular formula is C42H55IN8O16S3. The summed E-state index contributed by atoms with van der Waals surface area (Å²) in [5.41, 5.74) is 11.3. The van der Waals surface area contributed by atoms with Gasteiger partial charge in [-0.05, 0) is 59.5 Å². The van der Waals surface area contributed by atoms with Gasteiger partial charge in [-0.2, -0.15) is 0 Å². The number of ketones is 4. The zero-order chi connectivity index (χ0) is 52.1. The summed E-state index contributed by atoms with van der Waals surface area (Å²) in [4.78, 5) is 163. The van der Waals surface area contributed by atoms with Crippen molar-refractivity contribution in [1.29, 1.82) is 0 Å². The van der Waals surface area contributed by atoms with Crippen LogP contribution in [0.2, 0.25) is 0 Å². The van der Waals surface area contributed by atoms with Crippen LogP contribution in [0.4, 0.5) is 0 Å². The summed E-state index contributed by atoms with van der Waals surface area (Å²) < 4.78 is 0.384. The summed E-state index contributed by atoms with van der Waals surface area (Å²) in [6, 6.07) is -1.84. The molecule has 1 aromatic carbocycles. The van der Waals surface area contributed by atoms with Crippen molar-refractivity contribution in [2.75, 3.05) is 36.1 Å². The molecule has 0 radical (unpaired) electrons. The molecule has 2 bridgehead atoms. The van der Waals surface area contributed by atoms with E-state index in [-0.39, 0.29) is 54.8 Å². The normalized spacial score (nSPS) is 24.3. The predicted octanol–water partition coefficient (Wildman–Crippen LogP) is -1.10. The van der Waals surface area contributed by atoms with Crippen LogP contribution in [0.3, 0.4) is 0 Å². The quantitative estimate of drug-likeness (QED) is 0.0346. The second-order valence-corrected chi connectivity index (χ2v) is 21.0. The number of aromatic hydroxyl groups is 1. The number of nitrogens with zero attached hydrogens (tertiary/aromatic N) is 1. The molecule has 0 spiro atoms. The molecule has 384 valence electrons. The molecule has 70 heavy (non-hydrogen) atoms. The third-order valence-corrected chi connectivity index (χ3v) is 15.0. The van der Waals surface area contributed by atoms with Gasteiger partial charge in [0.25, 0.3) is 0 Å². The summed E-state index contributed by atoms with van der Waals surface area (Å²) in [6.07, 6.45) is -4.97. The van der Waals surface area contributed by atoms with Crippen LogP contribution < -0.4 is 38.1 Å². The first-order chi connectivity index (χ1) is 33.0. The minimum atomic E-state index is -1.78. The number of aliphatic imine (C=N–C) groups is 1. The Labute approximate surface area is 426 Å². The first-order valence-corrected chi connectivity index (χ1v) is 26.3. The predicted molar refractivity (Wildman–Crippen MR) is 263 cm³/mol. The molecule has 2 fully saturated rings. The number of phenols is 1. The molecule has 2 aliphatic heterocycles. The van der Waals surface area contributed by atoms with E-state index in [0.717, 1.165) is 33.3 Å². The number of nitrogens with two attached hydrogens (primary N) is 2. The van der Waals surface area contributed by atoms with Gasteiger partial charge in [-0.3, -0.25) is 62.5 Å². The summed E-state index contributed by atoms with van der Waals surface area (Å²) in [5.74, 6) is -18.0. The lowest BCUT2D eigenvalue weighted by atomic mass is 9.90. The zero-order valence-electron chi connectivity index (χ0n) is 37.5. The molecule has 0 saturated carbocycles. The van der Waals surface area contributed by atoms with Gasteiger partial charge in [0, 0.05) is 61.3 Å². The van der Waals surface area contributed by atoms with Crippen LogP contribution in [-0.2, 0) is 64.0 Å².